The summed E-state index contributed by atoms with van der Waals surface area (Å²) in [6.45, 7) is 3.65. The van der Waals surface area contributed by atoms with Gasteiger partial charge in [0.05, 0.1) is 5.69 Å². The van der Waals surface area contributed by atoms with E-state index in [1.165, 1.54) is 25.8 Å². The van der Waals surface area contributed by atoms with Gasteiger partial charge in [0.1, 0.15) is 13.2 Å². The largest absolute Gasteiger partial charge is 0.486 e. The molecule has 0 bridgehead atoms. The summed E-state index contributed by atoms with van der Waals surface area (Å²) in [6.07, 6.45) is 4.00. The fourth-order valence-electron chi connectivity index (χ4n) is 3.07. The highest BCUT2D eigenvalue weighted by molar-refractivity contribution is 9.10. The Hall–Kier alpha value is -0.940. The molecule has 1 N–H and O–H groups in total. The Labute approximate surface area is 127 Å². The van der Waals surface area contributed by atoms with Crippen LogP contribution in [-0.4, -0.2) is 43.3 Å². The van der Waals surface area contributed by atoms with Gasteiger partial charge < -0.3 is 14.8 Å². The number of hydrogen-bond acceptors (Lipinski definition) is 4. The zero-order chi connectivity index (χ0) is 13.5. The van der Waals surface area contributed by atoms with E-state index < -0.39 is 0 Å². The molecule has 0 spiro atoms. The summed E-state index contributed by atoms with van der Waals surface area (Å²) in [6, 6.07) is 5.46. The van der Waals surface area contributed by atoms with Crippen molar-refractivity contribution >= 4 is 21.6 Å². The third-order valence-corrected chi connectivity index (χ3v) is 4.93. The third kappa shape index (κ3) is 2.49. The lowest BCUT2D eigenvalue weighted by Gasteiger charge is -2.22. The second kappa shape index (κ2) is 5.11. The second-order valence-corrected chi connectivity index (χ2v) is 6.69. The Balaban J connectivity index is 1.48. The van der Waals surface area contributed by atoms with E-state index in [-0.39, 0.29) is 0 Å². The van der Waals surface area contributed by atoms with Crippen LogP contribution in [0.5, 0.6) is 11.5 Å². The van der Waals surface area contributed by atoms with Crippen molar-refractivity contribution in [3.63, 3.8) is 0 Å². The molecule has 2 heterocycles. The number of hydrogen-bond donors (Lipinski definition) is 1. The first-order chi connectivity index (χ1) is 9.79. The number of likely N-dealkylation sites (tertiary alicyclic amines) is 1. The molecule has 2 aliphatic heterocycles. The van der Waals surface area contributed by atoms with Crippen LogP contribution in [0.4, 0.5) is 5.69 Å². The molecular weight excluding hydrogens is 320 g/mol. The zero-order valence-electron chi connectivity index (χ0n) is 11.4. The summed E-state index contributed by atoms with van der Waals surface area (Å²) in [5.74, 6) is 1.68. The second-order valence-electron chi connectivity index (χ2n) is 5.83. The molecule has 5 heteroatoms. The predicted octanol–water partition coefficient (Wildman–Crippen LogP) is 2.87. The van der Waals surface area contributed by atoms with Crippen molar-refractivity contribution in [2.45, 2.75) is 31.3 Å². The van der Waals surface area contributed by atoms with Crippen molar-refractivity contribution in [2.75, 3.05) is 31.6 Å². The molecule has 1 saturated heterocycles. The molecular formula is C15H19BrN2O2. The highest BCUT2D eigenvalue weighted by Gasteiger charge is 2.34. The fourth-order valence-corrected chi connectivity index (χ4v) is 3.51. The monoisotopic (exact) mass is 338 g/mol. The third-order valence-electron chi connectivity index (χ3n) is 4.27. The van der Waals surface area contributed by atoms with E-state index >= 15 is 0 Å². The maximum Gasteiger partial charge on any atom is 0.163 e. The minimum atomic E-state index is 0.537. The summed E-state index contributed by atoms with van der Waals surface area (Å²) in [5, 5.41) is 3.65. The lowest BCUT2D eigenvalue weighted by atomic mass is 10.2. The Morgan fingerprint density at radius 2 is 1.85 bits per heavy atom. The van der Waals surface area contributed by atoms with Gasteiger partial charge in [-0.05, 0) is 35.2 Å². The lowest BCUT2D eigenvalue weighted by Crippen LogP contribution is -2.27. The molecule has 20 heavy (non-hydrogen) atoms. The van der Waals surface area contributed by atoms with E-state index in [1.807, 2.05) is 6.07 Å². The molecule has 1 aromatic carbocycles. The maximum atomic E-state index is 5.66. The quantitative estimate of drug-likeness (QED) is 0.918. The van der Waals surface area contributed by atoms with Crippen LogP contribution in [0.3, 0.4) is 0 Å². The van der Waals surface area contributed by atoms with Crippen LogP contribution in [0.2, 0.25) is 0 Å². The molecule has 108 valence electrons. The number of fused-ring (bicyclic) bond motifs is 1. The van der Waals surface area contributed by atoms with Gasteiger partial charge in [0.15, 0.2) is 11.5 Å². The van der Waals surface area contributed by atoms with Crippen molar-refractivity contribution in [1.29, 1.82) is 0 Å². The number of ether oxygens (including phenoxy) is 2. The number of anilines is 1. The van der Waals surface area contributed by atoms with Gasteiger partial charge in [-0.15, -0.1) is 0 Å². The number of rotatable bonds is 3. The highest BCUT2D eigenvalue weighted by Crippen LogP contribution is 2.39. The van der Waals surface area contributed by atoms with Crippen molar-refractivity contribution in [2.24, 2.45) is 0 Å². The van der Waals surface area contributed by atoms with Gasteiger partial charge in [-0.1, -0.05) is 0 Å². The van der Waals surface area contributed by atoms with Crippen LogP contribution in [0, 0.1) is 0 Å². The molecule has 2 fully saturated rings. The smallest absolute Gasteiger partial charge is 0.163 e. The summed E-state index contributed by atoms with van der Waals surface area (Å²) >= 11 is 3.63. The van der Waals surface area contributed by atoms with Gasteiger partial charge in [-0.2, -0.15) is 0 Å². The van der Waals surface area contributed by atoms with Gasteiger partial charge in [-0.25, -0.2) is 0 Å². The SMILES string of the molecule is Brc1cc2c(cc1NC1CCN(C3CC3)C1)OCCO2. The van der Waals surface area contributed by atoms with Crippen LogP contribution in [0.25, 0.3) is 0 Å². The van der Waals surface area contributed by atoms with Crippen molar-refractivity contribution in [3.05, 3.63) is 16.6 Å². The molecule has 1 aromatic rings. The standard InChI is InChI=1S/C15H19BrN2O2/c16-12-7-14-15(20-6-5-19-14)8-13(12)17-10-3-4-18(9-10)11-1-2-11/h7-8,10-11,17H,1-6,9H2. The van der Waals surface area contributed by atoms with Gasteiger partial charge >= 0.3 is 0 Å². The Bertz CT molecular complexity index is 519. The van der Waals surface area contributed by atoms with Gasteiger partial charge in [0.25, 0.3) is 0 Å². The maximum absolute atomic E-state index is 5.66. The zero-order valence-corrected chi connectivity index (χ0v) is 13.0. The first kappa shape index (κ1) is 12.8. The molecule has 1 atom stereocenters. The number of benzene rings is 1. The number of nitrogens with one attached hydrogen (secondary N) is 1. The molecule has 0 aromatic heterocycles. The minimum Gasteiger partial charge on any atom is -0.486 e. The number of halogens is 1. The molecule has 1 aliphatic carbocycles. The van der Waals surface area contributed by atoms with Gasteiger partial charge in [0, 0.05) is 41.8 Å². The summed E-state index contributed by atoms with van der Waals surface area (Å²) < 4.78 is 12.3. The molecule has 1 saturated carbocycles. The Morgan fingerprint density at radius 1 is 1.10 bits per heavy atom. The van der Waals surface area contributed by atoms with Crippen LogP contribution in [-0.2, 0) is 0 Å². The fraction of sp³-hybridized carbons (Fsp3) is 0.600. The van der Waals surface area contributed by atoms with E-state index in [0.717, 1.165) is 34.2 Å². The molecule has 4 rings (SSSR count). The minimum absolute atomic E-state index is 0.537. The van der Waals surface area contributed by atoms with Crippen LogP contribution in [0.15, 0.2) is 16.6 Å². The van der Waals surface area contributed by atoms with Crippen LogP contribution in [0.1, 0.15) is 19.3 Å². The summed E-state index contributed by atoms with van der Waals surface area (Å²) in [7, 11) is 0. The number of nitrogens with zero attached hydrogens (tertiary/aromatic N) is 1. The van der Waals surface area contributed by atoms with E-state index in [4.69, 9.17) is 9.47 Å². The highest BCUT2D eigenvalue weighted by atomic mass is 79.9. The lowest BCUT2D eigenvalue weighted by molar-refractivity contribution is 0.171. The molecule has 0 amide bonds. The summed E-state index contributed by atoms with van der Waals surface area (Å²) in [4.78, 5) is 2.61. The molecule has 1 unspecified atom stereocenters. The van der Waals surface area contributed by atoms with Crippen molar-refractivity contribution < 1.29 is 9.47 Å². The average molecular weight is 339 g/mol. The first-order valence-electron chi connectivity index (χ1n) is 7.39. The molecule has 3 aliphatic rings. The molecule has 0 radical (unpaired) electrons. The Morgan fingerprint density at radius 3 is 2.60 bits per heavy atom. The van der Waals surface area contributed by atoms with Crippen LogP contribution < -0.4 is 14.8 Å². The van der Waals surface area contributed by atoms with Gasteiger partial charge in [-0.3, -0.25) is 4.90 Å². The van der Waals surface area contributed by atoms with Crippen molar-refractivity contribution in [1.82, 2.24) is 4.90 Å². The van der Waals surface area contributed by atoms with E-state index in [0.29, 0.717) is 19.3 Å². The topological polar surface area (TPSA) is 33.7 Å². The van der Waals surface area contributed by atoms with Gasteiger partial charge in [0.2, 0.25) is 0 Å². The van der Waals surface area contributed by atoms with Crippen LogP contribution >= 0.6 is 15.9 Å². The van der Waals surface area contributed by atoms with E-state index in [9.17, 15) is 0 Å². The van der Waals surface area contributed by atoms with E-state index in [2.05, 4.69) is 32.2 Å². The van der Waals surface area contributed by atoms with Crippen molar-refractivity contribution in [3.8, 4) is 11.5 Å². The normalized spacial score (nSPS) is 25.8. The predicted molar refractivity (Wildman–Crippen MR) is 81.8 cm³/mol. The Kier molecular flexibility index (Phi) is 3.27. The average Bonchev–Trinajstić information content (AvgIpc) is 3.20. The molecule has 4 nitrogen and oxygen atoms in total. The first-order valence-corrected chi connectivity index (χ1v) is 8.18. The summed E-state index contributed by atoms with van der Waals surface area (Å²) in [5.41, 5.74) is 1.11. The van der Waals surface area contributed by atoms with E-state index in [1.54, 1.807) is 0 Å².